The average molecular weight is 447 g/mol. The number of aliphatic imine (C=N–C) groups is 1. The number of ether oxygens (including phenoxy) is 2. The Morgan fingerprint density at radius 1 is 1.20 bits per heavy atom. The summed E-state index contributed by atoms with van der Waals surface area (Å²) < 4.78 is 12.1. The number of benzene rings is 2. The Kier molecular flexibility index (Phi) is 5.86. The van der Waals surface area contributed by atoms with E-state index in [0.29, 0.717) is 18.2 Å². The SMILES string of the molecule is CCCCOc1cccc(/C=C2\N=C(c3ccc(I)cc3)OC2=O)c1. The van der Waals surface area contributed by atoms with Gasteiger partial charge in [-0.1, -0.05) is 25.5 Å². The van der Waals surface area contributed by atoms with E-state index in [0.717, 1.165) is 33.3 Å². The fraction of sp³-hybridized carbons (Fsp3) is 0.200. The second-order valence-corrected chi connectivity index (χ2v) is 6.86. The number of hydrogen-bond donors (Lipinski definition) is 0. The third kappa shape index (κ3) is 4.69. The molecule has 0 aromatic heterocycles. The quantitative estimate of drug-likeness (QED) is 0.276. The summed E-state index contributed by atoms with van der Waals surface area (Å²) >= 11 is 2.23. The molecular formula is C20H18INO3. The second-order valence-electron chi connectivity index (χ2n) is 5.62. The lowest BCUT2D eigenvalue weighted by Gasteiger charge is -2.05. The summed E-state index contributed by atoms with van der Waals surface area (Å²) in [6.45, 7) is 2.81. The normalized spacial score (nSPS) is 15.2. The lowest BCUT2D eigenvalue weighted by Crippen LogP contribution is -2.05. The van der Waals surface area contributed by atoms with Gasteiger partial charge in [0.2, 0.25) is 5.90 Å². The zero-order valence-corrected chi connectivity index (χ0v) is 16.0. The zero-order chi connectivity index (χ0) is 17.6. The van der Waals surface area contributed by atoms with Gasteiger partial charge < -0.3 is 9.47 Å². The highest BCUT2D eigenvalue weighted by atomic mass is 127. The van der Waals surface area contributed by atoms with Crippen LogP contribution in [-0.4, -0.2) is 18.5 Å². The Bertz CT molecular complexity index is 825. The molecular weight excluding hydrogens is 429 g/mol. The molecule has 0 spiro atoms. The van der Waals surface area contributed by atoms with Crippen LogP contribution in [0.4, 0.5) is 0 Å². The van der Waals surface area contributed by atoms with Crippen molar-refractivity contribution in [3.8, 4) is 5.75 Å². The van der Waals surface area contributed by atoms with Crippen molar-refractivity contribution in [2.75, 3.05) is 6.61 Å². The molecule has 0 amide bonds. The number of halogens is 1. The molecule has 0 bridgehead atoms. The van der Waals surface area contributed by atoms with Crippen LogP contribution >= 0.6 is 22.6 Å². The first-order valence-corrected chi connectivity index (χ1v) is 9.25. The van der Waals surface area contributed by atoms with Crippen LogP contribution in [0.3, 0.4) is 0 Å². The lowest BCUT2D eigenvalue weighted by atomic mass is 10.2. The van der Waals surface area contributed by atoms with Gasteiger partial charge in [0.05, 0.1) is 6.61 Å². The van der Waals surface area contributed by atoms with Gasteiger partial charge in [-0.3, -0.25) is 0 Å². The molecule has 2 aromatic carbocycles. The van der Waals surface area contributed by atoms with E-state index in [9.17, 15) is 4.79 Å². The van der Waals surface area contributed by atoms with Crippen LogP contribution in [0.15, 0.2) is 59.2 Å². The number of nitrogens with zero attached hydrogens (tertiary/aromatic N) is 1. The molecule has 4 nitrogen and oxygen atoms in total. The standard InChI is InChI=1S/C20H18INO3/c1-2-3-11-24-17-6-4-5-14(12-17)13-18-20(23)25-19(22-18)15-7-9-16(21)10-8-15/h4-10,12-13H,2-3,11H2,1H3/b18-13-. The van der Waals surface area contributed by atoms with Gasteiger partial charge in [-0.05, 0) is 77.0 Å². The van der Waals surface area contributed by atoms with Crippen LogP contribution in [0.2, 0.25) is 0 Å². The predicted molar refractivity (Wildman–Crippen MR) is 107 cm³/mol. The van der Waals surface area contributed by atoms with Crippen molar-refractivity contribution in [3.63, 3.8) is 0 Å². The summed E-state index contributed by atoms with van der Waals surface area (Å²) in [5.41, 5.74) is 1.93. The van der Waals surface area contributed by atoms with Gasteiger partial charge in [0.1, 0.15) is 5.75 Å². The predicted octanol–water partition coefficient (Wildman–Crippen LogP) is 4.81. The van der Waals surface area contributed by atoms with Crippen LogP contribution in [0.1, 0.15) is 30.9 Å². The summed E-state index contributed by atoms with van der Waals surface area (Å²) in [4.78, 5) is 16.4. The van der Waals surface area contributed by atoms with Gasteiger partial charge in [0, 0.05) is 9.13 Å². The maximum atomic E-state index is 12.1. The molecule has 0 atom stereocenters. The van der Waals surface area contributed by atoms with E-state index in [1.807, 2.05) is 48.5 Å². The van der Waals surface area contributed by atoms with Gasteiger partial charge in [-0.25, -0.2) is 9.79 Å². The van der Waals surface area contributed by atoms with Crippen LogP contribution in [0.5, 0.6) is 5.75 Å². The minimum Gasteiger partial charge on any atom is -0.494 e. The molecule has 0 saturated carbocycles. The van der Waals surface area contributed by atoms with Crippen LogP contribution in [-0.2, 0) is 9.53 Å². The van der Waals surface area contributed by atoms with Crippen LogP contribution in [0.25, 0.3) is 6.08 Å². The lowest BCUT2D eigenvalue weighted by molar-refractivity contribution is -0.129. The van der Waals surface area contributed by atoms with E-state index in [2.05, 4.69) is 34.5 Å². The monoisotopic (exact) mass is 447 g/mol. The molecule has 5 heteroatoms. The van der Waals surface area contributed by atoms with Crippen molar-refractivity contribution in [3.05, 3.63) is 68.9 Å². The Hall–Kier alpha value is -2.15. The topological polar surface area (TPSA) is 47.9 Å². The highest BCUT2D eigenvalue weighted by Crippen LogP contribution is 2.22. The number of carbonyl (C=O) groups is 1. The van der Waals surface area contributed by atoms with Crippen LogP contribution in [0, 0.1) is 3.57 Å². The Balaban J connectivity index is 1.79. The number of unbranched alkanes of at least 4 members (excludes halogenated alkanes) is 1. The van der Waals surface area contributed by atoms with Gasteiger partial charge in [-0.15, -0.1) is 0 Å². The molecule has 2 aromatic rings. The molecule has 25 heavy (non-hydrogen) atoms. The fourth-order valence-corrected chi connectivity index (χ4v) is 2.67. The first-order chi connectivity index (χ1) is 12.2. The average Bonchev–Trinajstić information content (AvgIpc) is 2.97. The summed E-state index contributed by atoms with van der Waals surface area (Å²) in [6, 6.07) is 15.3. The van der Waals surface area contributed by atoms with Gasteiger partial charge in [0.15, 0.2) is 5.70 Å². The second kappa shape index (κ2) is 8.29. The van der Waals surface area contributed by atoms with Crippen molar-refractivity contribution in [1.29, 1.82) is 0 Å². The van der Waals surface area contributed by atoms with E-state index in [-0.39, 0.29) is 0 Å². The molecule has 0 radical (unpaired) electrons. The fourth-order valence-electron chi connectivity index (χ4n) is 2.31. The number of cyclic esters (lactones) is 1. The highest BCUT2D eigenvalue weighted by molar-refractivity contribution is 14.1. The third-order valence-electron chi connectivity index (χ3n) is 3.64. The summed E-state index contributed by atoms with van der Waals surface area (Å²) in [5, 5.41) is 0. The maximum Gasteiger partial charge on any atom is 0.363 e. The van der Waals surface area contributed by atoms with Crippen molar-refractivity contribution >= 4 is 40.5 Å². The summed E-state index contributed by atoms with van der Waals surface area (Å²) in [5.74, 6) is 0.685. The molecule has 128 valence electrons. The van der Waals surface area contributed by atoms with Crippen molar-refractivity contribution in [1.82, 2.24) is 0 Å². The molecule has 3 rings (SSSR count). The minimum absolute atomic E-state index is 0.291. The highest BCUT2D eigenvalue weighted by Gasteiger charge is 2.24. The van der Waals surface area contributed by atoms with Crippen molar-refractivity contribution in [2.45, 2.75) is 19.8 Å². The molecule has 1 aliphatic heterocycles. The molecule has 0 N–H and O–H groups in total. The first kappa shape index (κ1) is 17.7. The number of esters is 1. The smallest absolute Gasteiger partial charge is 0.363 e. The summed E-state index contributed by atoms with van der Waals surface area (Å²) in [6.07, 6.45) is 3.82. The Morgan fingerprint density at radius 2 is 2.00 bits per heavy atom. The number of carbonyl (C=O) groups excluding carboxylic acids is 1. The van der Waals surface area contributed by atoms with Crippen molar-refractivity contribution in [2.24, 2.45) is 4.99 Å². The van der Waals surface area contributed by atoms with E-state index in [1.165, 1.54) is 0 Å². The van der Waals surface area contributed by atoms with E-state index in [1.54, 1.807) is 6.08 Å². The molecule has 0 fully saturated rings. The third-order valence-corrected chi connectivity index (χ3v) is 4.36. The molecule has 1 heterocycles. The molecule has 0 aliphatic carbocycles. The maximum absolute atomic E-state index is 12.1. The van der Waals surface area contributed by atoms with Gasteiger partial charge in [0.25, 0.3) is 0 Å². The first-order valence-electron chi connectivity index (χ1n) is 8.17. The zero-order valence-electron chi connectivity index (χ0n) is 13.9. The van der Waals surface area contributed by atoms with Gasteiger partial charge in [-0.2, -0.15) is 0 Å². The van der Waals surface area contributed by atoms with E-state index >= 15 is 0 Å². The van der Waals surface area contributed by atoms with Gasteiger partial charge >= 0.3 is 5.97 Å². The largest absolute Gasteiger partial charge is 0.494 e. The summed E-state index contributed by atoms with van der Waals surface area (Å²) in [7, 11) is 0. The molecule has 0 unspecified atom stereocenters. The van der Waals surface area contributed by atoms with Crippen molar-refractivity contribution < 1.29 is 14.3 Å². The van der Waals surface area contributed by atoms with E-state index in [4.69, 9.17) is 9.47 Å². The van der Waals surface area contributed by atoms with E-state index < -0.39 is 5.97 Å². The Morgan fingerprint density at radius 3 is 2.76 bits per heavy atom. The minimum atomic E-state index is -0.439. The number of rotatable bonds is 6. The molecule has 1 aliphatic rings. The molecule has 0 saturated heterocycles. The Labute approximate surface area is 160 Å². The van der Waals surface area contributed by atoms with Crippen LogP contribution < -0.4 is 4.74 Å². The number of hydrogen-bond acceptors (Lipinski definition) is 4.